The molecule has 1 aromatic heterocycles. The van der Waals surface area contributed by atoms with E-state index in [-0.39, 0.29) is 0 Å². The van der Waals surface area contributed by atoms with Crippen molar-refractivity contribution in [3.05, 3.63) is 18.2 Å². The standard InChI is InChI=1S/C9H16N4/c1-8-5-13(3-2-11-8)6-9-4-10-7-12-9/h4,7-8,11H,2-3,5-6H2,1H3,(H,10,12). The molecular weight excluding hydrogens is 164 g/mol. The number of hydrogen-bond acceptors (Lipinski definition) is 3. The Labute approximate surface area is 78.4 Å². The molecule has 0 spiro atoms. The van der Waals surface area contributed by atoms with E-state index in [4.69, 9.17) is 0 Å². The maximum absolute atomic E-state index is 4.01. The van der Waals surface area contributed by atoms with Crippen LogP contribution in [0.25, 0.3) is 0 Å². The molecule has 0 aliphatic carbocycles. The Kier molecular flexibility index (Phi) is 2.61. The lowest BCUT2D eigenvalue weighted by Gasteiger charge is -2.31. The first-order valence-corrected chi connectivity index (χ1v) is 4.77. The van der Waals surface area contributed by atoms with Crippen molar-refractivity contribution in [2.75, 3.05) is 19.6 Å². The van der Waals surface area contributed by atoms with Crippen molar-refractivity contribution in [2.24, 2.45) is 0 Å². The highest BCUT2D eigenvalue weighted by molar-refractivity contribution is 4.94. The zero-order valence-corrected chi connectivity index (χ0v) is 7.95. The van der Waals surface area contributed by atoms with E-state index >= 15 is 0 Å². The minimum atomic E-state index is 0.608. The van der Waals surface area contributed by atoms with Crippen molar-refractivity contribution in [3.8, 4) is 0 Å². The van der Waals surface area contributed by atoms with Crippen LogP contribution in [0, 0.1) is 0 Å². The monoisotopic (exact) mass is 180 g/mol. The van der Waals surface area contributed by atoms with E-state index in [0.29, 0.717) is 6.04 Å². The van der Waals surface area contributed by atoms with E-state index in [1.54, 1.807) is 6.33 Å². The van der Waals surface area contributed by atoms with Gasteiger partial charge in [-0.25, -0.2) is 4.98 Å². The second kappa shape index (κ2) is 3.89. The van der Waals surface area contributed by atoms with Crippen molar-refractivity contribution in [1.82, 2.24) is 20.2 Å². The van der Waals surface area contributed by atoms with Crippen LogP contribution in [0.15, 0.2) is 12.5 Å². The summed E-state index contributed by atoms with van der Waals surface area (Å²) in [6.45, 7) is 6.56. The number of imidazole rings is 1. The van der Waals surface area contributed by atoms with E-state index < -0.39 is 0 Å². The maximum Gasteiger partial charge on any atom is 0.0922 e. The first-order valence-electron chi connectivity index (χ1n) is 4.77. The van der Waals surface area contributed by atoms with Gasteiger partial charge in [-0.3, -0.25) is 4.90 Å². The maximum atomic E-state index is 4.01. The van der Waals surface area contributed by atoms with Crippen molar-refractivity contribution in [3.63, 3.8) is 0 Å². The van der Waals surface area contributed by atoms with Gasteiger partial charge in [0.15, 0.2) is 0 Å². The molecule has 72 valence electrons. The van der Waals surface area contributed by atoms with Crippen LogP contribution >= 0.6 is 0 Å². The summed E-state index contributed by atoms with van der Waals surface area (Å²) in [6.07, 6.45) is 3.63. The molecule has 4 heteroatoms. The Bertz CT molecular complexity index is 244. The van der Waals surface area contributed by atoms with Gasteiger partial charge in [-0.2, -0.15) is 0 Å². The van der Waals surface area contributed by atoms with Gasteiger partial charge < -0.3 is 10.3 Å². The summed E-state index contributed by atoms with van der Waals surface area (Å²) in [4.78, 5) is 9.57. The van der Waals surface area contributed by atoms with Crippen molar-refractivity contribution < 1.29 is 0 Å². The number of nitrogens with zero attached hydrogens (tertiary/aromatic N) is 2. The molecule has 1 saturated heterocycles. The molecule has 1 aliphatic heterocycles. The zero-order valence-electron chi connectivity index (χ0n) is 7.95. The molecule has 0 aromatic carbocycles. The van der Waals surface area contributed by atoms with Crippen LogP contribution in [0.2, 0.25) is 0 Å². The third-order valence-electron chi connectivity index (χ3n) is 2.40. The largest absolute Gasteiger partial charge is 0.347 e. The topological polar surface area (TPSA) is 44.0 Å². The normalized spacial score (nSPS) is 24.8. The van der Waals surface area contributed by atoms with Gasteiger partial charge in [-0.15, -0.1) is 0 Å². The van der Waals surface area contributed by atoms with E-state index in [9.17, 15) is 0 Å². The Morgan fingerprint density at radius 3 is 3.31 bits per heavy atom. The van der Waals surface area contributed by atoms with Gasteiger partial charge in [0.2, 0.25) is 0 Å². The highest BCUT2D eigenvalue weighted by Crippen LogP contribution is 2.03. The number of rotatable bonds is 2. The smallest absolute Gasteiger partial charge is 0.0922 e. The average molecular weight is 180 g/mol. The molecule has 0 radical (unpaired) electrons. The van der Waals surface area contributed by atoms with Crippen LogP contribution in [0.3, 0.4) is 0 Å². The van der Waals surface area contributed by atoms with Gasteiger partial charge >= 0.3 is 0 Å². The second-order valence-corrected chi connectivity index (χ2v) is 3.67. The minimum absolute atomic E-state index is 0.608. The molecule has 1 atom stereocenters. The molecule has 1 fully saturated rings. The van der Waals surface area contributed by atoms with Crippen LogP contribution in [0.5, 0.6) is 0 Å². The fourth-order valence-corrected chi connectivity index (χ4v) is 1.77. The van der Waals surface area contributed by atoms with E-state index in [1.165, 1.54) is 5.69 Å². The third kappa shape index (κ3) is 2.29. The Hall–Kier alpha value is -0.870. The average Bonchev–Trinajstić information content (AvgIpc) is 2.57. The number of hydrogen-bond donors (Lipinski definition) is 2. The molecule has 2 rings (SSSR count). The van der Waals surface area contributed by atoms with Gasteiger partial charge in [0.25, 0.3) is 0 Å². The molecular formula is C9H16N4. The van der Waals surface area contributed by atoms with Gasteiger partial charge in [0.05, 0.1) is 6.33 Å². The lowest BCUT2D eigenvalue weighted by atomic mass is 10.2. The number of aromatic amines is 1. The van der Waals surface area contributed by atoms with Gasteiger partial charge in [0.1, 0.15) is 0 Å². The molecule has 13 heavy (non-hydrogen) atoms. The van der Waals surface area contributed by atoms with Crippen molar-refractivity contribution in [2.45, 2.75) is 19.5 Å². The predicted octanol–water partition coefficient (Wildman–Crippen LogP) is 0.203. The first-order chi connectivity index (χ1) is 6.34. The Morgan fingerprint density at radius 2 is 2.62 bits per heavy atom. The Morgan fingerprint density at radius 1 is 1.69 bits per heavy atom. The minimum Gasteiger partial charge on any atom is -0.347 e. The molecule has 1 aliphatic rings. The van der Waals surface area contributed by atoms with Crippen LogP contribution < -0.4 is 5.32 Å². The van der Waals surface area contributed by atoms with Crippen molar-refractivity contribution >= 4 is 0 Å². The summed E-state index contributed by atoms with van der Waals surface area (Å²) in [5.74, 6) is 0. The number of H-pyrrole nitrogens is 1. The third-order valence-corrected chi connectivity index (χ3v) is 2.40. The molecule has 0 bridgehead atoms. The summed E-state index contributed by atoms with van der Waals surface area (Å²) in [7, 11) is 0. The van der Waals surface area contributed by atoms with Crippen LogP contribution in [-0.4, -0.2) is 40.5 Å². The Balaban J connectivity index is 1.87. The number of aromatic nitrogens is 2. The van der Waals surface area contributed by atoms with Gasteiger partial charge in [0, 0.05) is 44.1 Å². The lowest BCUT2D eigenvalue weighted by molar-refractivity contribution is 0.198. The first kappa shape index (κ1) is 8.72. The molecule has 0 amide bonds. The zero-order chi connectivity index (χ0) is 9.10. The number of nitrogens with one attached hydrogen (secondary N) is 2. The molecule has 2 heterocycles. The SMILES string of the molecule is CC1CN(Cc2cnc[nH]2)CCN1. The summed E-state index contributed by atoms with van der Waals surface area (Å²) >= 11 is 0. The molecule has 2 N–H and O–H groups in total. The summed E-state index contributed by atoms with van der Waals surface area (Å²) < 4.78 is 0. The van der Waals surface area contributed by atoms with Crippen molar-refractivity contribution in [1.29, 1.82) is 0 Å². The highest BCUT2D eigenvalue weighted by Gasteiger charge is 2.15. The molecule has 1 unspecified atom stereocenters. The highest BCUT2D eigenvalue weighted by atomic mass is 15.2. The quantitative estimate of drug-likeness (QED) is 0.683. The van der Waals surface area contributed by atoms with E-state index in [0.717, 1.165) is 26.2 Å². The van der Waals surface area contributed by atoms with E-state index in [1.807, 2.05) is 6.20 Å². The number of piperazine rings is 1. The molecule has 4 nitrogen and oxygen atoms in total. The summed E-state index contributed by atoms with van der Waals surface area (Å²) in [6, 6.07) is 0.608. The molecule has 0 saturated carbocycles. The molecule has 1 aromatic rings. The van der Waals surface area contributed by atoms with Crippen LogP contribution in [-0.2, 0) is 6.54 Å². The second-order valence-electron chi connectivity index (χ2n) is 3.67. The predicted molar refractivity (Wildman–Crippen MR) is 51.3 cm³/mol. The lowest BCUT2D eigenvalue weighted by Crippen LogP contribution is -2.48. The fourth-order valence-electron chi connectivity index (χ4n) is 1.77. The van der Waals surface area contributed by atoms with Crippen LogP contribution in [0.1, 0.15) is 12.6 Å². The summed E-state index contributed by atoms with van der Waals surface area (Å²) in [5.41, 5.74) is 1.20. The fraction of sp³-hybridized carbons (Fsp3) is 0.667. The summed E-state index contributed by atoms with van der Waals surface area (Å²) in [5, 5.41) is 3.42. The van der Waals surface area contributed by atoms with Gasteiger partial charge in [-0.1, -0.05) is 0 Å². The van der Waals surface area contributed by atoms with E-state index in [2.05, 4.69) is 27.1 Å². The van der Waals surface area contributed by atoms with Crippen LogP contribution in [0.4, 0.5) is 0 Å². The van der Waals surface area contributed by atoms with Gasteiger partial charge in [-0.05, 0) is 6.92 Å².